The summed E-state index contributed by atoms with van der Waals surface area (Å²) in [5, 5.41) is 13.4. The average Bonchev–Trinajstić information content (AvgIpc) is 2.39. The van der Waals surface area contributed by atoms with Crippen molar-refractivity contribution in [2.45, 2.75) is 18.9 Å². The van der Waals surface area contributed by atoms with E-state index in [1.807, 2.05) is 0 Å². The topological polar surface area (TPSA) is 75.5 Å². The quantitative estimate of drug-likeness (QED) is 0.664. The van der Waals surface area contributed by atoms with Gasteiger partial charge in [0, 0.05) is 12.6 Å². The number of nitro groups is 1. The molecule has 1 N–H and O–H groups in total. The summed E-state index contributed by atoms with van der Waals surface area (Å²) >= 11 is 0. The van der Waals surface area contributed by atoms with Crippen LogP contribution in [0.15, 0.2) is 18.2 Å². The van der Waals surface area contributed by atoms with Crippen molar-refractivity contribution >= 4 is 17.3 Å². The zero-order valence-electron chi connectivity index (χ0n) is 10.4. The number of piperidine rings is 1. The van der Waals surface area contributed by atoms with Crippen molar-refractivity contribution in [2.75, 3.05) is 18.5 Å². The summed E-state index contributed by atoms with van der Waals surface area (Å²) in [6, 6.07) is 2.99. The molecular formula is C12H14FN3O3. The van der Waals surface area contributed by atoms with Gasteiger partial charge < -0.3 is 10.2 Å². The number of hydrogen-bond acceptors (Lipinski definition) is 4. The van der Waals surface area contributed by atoms with E-state index in [0.717, 1.165) is 12.5 Å². The number of hydrogen-bond donors (Lipinski definition) is 1. The Bertz CT molecular complexity index is 521. The van der Waals surface area contributed by atoms with Crippen molar-refractivity contribution in [3.63, 3.8) is 0 Å². The van der Waals surface area contributed by atoms with Crippen molar-refractivity contribution in [1.82, 2.24) is 5.32 Å². The Morgan fingerprint density at radius 3 is 2.84 bits per heavy atom. The molecule has 1 fully saturated rings. The summed E-state index contributed by atoms with van der Waals surface area (Å²) in [6.07, 6.45) is 1.47. The van der Waals surface area contributed by atoms with E-state index >= 15 is 0 Å². The molecule has 0 radical (unpaired) electrons. The monoisotopic (exact) mass is 267 g/mol. The molecule has 0 saturated carbocycles. The number of nitro benzene ring substituents is 1. The average molecular weight is 267 g/mol. The van der Waals surface area contributed by atoms with Crippen LogP contribution in [0.5, 0.6) is 0 Å². The predicted molar refractivity (Wildman–Crippen MR) is 67.5 cm³/mol. The zero-order chi connectivity index (χ0) is 14.0. The number of benzene rings is 1. The number of carbonyl (C=O) groups is 1. The zero-order valence-corrected chi connectivity index (χ0v) is 10.4. The van der Waals surface area contributed by atoms with Crippen molar-refractivity contribution < 1.29 is 14.1 Å². The lowest BCUT2D eigenvalue weighted by atomic mass is 10.0. The van der Waals surface area contributed by atoms with Crippen LogP contribution in [0.25, 0.3) is 0 Å². The van der Waals surface area contributed by atoms with Crippen LogP contribution >= 0.6 is 0 Å². The van der Waals surface area contributed by atoms with Gasteiger partial charge in [-0.15, -0.1) is 0 Å². The number of amides is 1. The summed E-state index contributed by atoms with van der Waals surface area (Å²) in [5.41, 5.74) is -0.230. The molecule has 2 rings (SSSR count). The van der Waals surface area contributed by atoms with Gasteiger partial charge in [-0.25, -0.2) is 4.39 Å². The molecule has 6 nitrogen and oxygen atoms in total. The van der Waals surface area contributed by atoms with Gasteiger partial charge >= 0.3 is 0 Å². The van der Waals surface area contributed by atoms with E-state index in [1.54, 1.807) is 7.05 Å². The van der Waals surface area contributed by atoms with E-state index < -0.39 is 10.7 Å². The molecule has 0 bridgehead atoms. The van der Waals surface area contributed by atoms with Crippen LogP contribution < -0.4 is 10.2 Å². The third-order valence-corrected chi connectivity index (χ3v) is 3.22. The van der Waals surface area contributed by atoms with E-state index in [2.05, 4.69) is 5.32 Å². The highest BCUT2D eigenvalue weighted by molar-refractivity contribution is 5.98. The number of nitrogens with one attached hydrogen (secondary N) is 1. The standard InChI is InChI=1S/C12H14FN3O3/c1-14-10-3-2-6-15(12(10)17)11-5-4-8(16(18)19)7-9(11)13/h4-5,7,10,14H,2-3,6H2,1H3. The second-order valence-corrected chi connectivity index (χ2v) is 4.37. The van der Waals surface area contributed by atoms with Crippen molar-refractivity contribution in [3.05, 3.63) is 34.1 Å². The maximum absolute atomic E-state index is 13.9. The van der Waals surface area contributed by atoms with Crippen molar-refractivity contribution in [1.29, 1.82) is 0 Å². The third kappa shape index (κ3) is 2.55. The first kappa shape index (κ1) is 13.4. The molecule has 1 amide bonds. The van der Waals surface area contributed by atoms with Gasteiger partial charge in [-0.1, -0.05) is 0 Å². The van der Waals surface area contributed by atoms with E-state index in [1.165, 1.54) is 17.0 Å². The number of non-ortho nitro benzene ring substituents is 1. The van der Waals surface area contributed by atoms with Crippen LogP contribution in [-0.4, -0.2) is 30.5 Å². The smallest absolute Gasteiger partial charge is 0.272 e. The van der Waals surface area contributed by atoms with Gasteiger partial charge in [-0.2, -0.15) is 0 Å². The lowest BCUT2D eigenvalue weighted by Gasteiger charge is -2.32. The number of nitrogens with zero attached hydrogens (tertiary/aromatic N) is 2. The first-order valence-electron chi connectivity index (χ1n) is 5.97. The fourth-order valence-corrected chi connectivity index (χ4v) is 2.21. The molecule has 1 aromatic rings. The molecule has 1 saturated heterocycles. The number of likely N-dealkylation sites (N-methyl/N-ethyl adjacent to an activating group) is 1. The van der Waals surface area contributed by atoms with Crippen LogP contribution in [0.1, 0.15) is 12.8 Å². The van der Waals surface area contributed by atoms with E-state index in [9.17, 15) is 19.3 Å². The normalized spacial score (nSPS) is 19.6. The van der Waals surface area contributed by atoms with Crippen LogP contribution in [0.3, 0.4) is 0 Å². The van der Waals surface area contributed by atoms with Gasteiger partial charge in [-0.3, -0.25) is 14.9 Å². The fraction of sp³-hybridized carbons (Fsp3) is 0.417. The largest absolute Gasteiger partial charge is 0.309 e. The van der Waals surface area contributed by atoms with E-state index in [-0.39, 0.29) is 23.3 Å². The molecule has 0 spiro atoms. The van der Waals surface area contributed by atoms with Crippen LogP contribution in [-0.2, 0) is 4.79 Å². The van der Waals surface area contributed by atoms with Gasteiger partial charge in [0.1, 0.15) is 0 Å². The Hall–Kier alpha value is -2.02. The Labute approximate surface area is 109 Å². The van der Waals surface area contributed by atoms with E-state index in [0.29, 0.717) is 13.0 Å². The van der Waals surface area contributed by atoms with Gasteiger partial charge in [0.25, 0.3) is 5.69 Å². The van der Waals surface area contributed by atoms with Crippen LogP contribution in [0.4, 0.5) is 15.8 Å². The molecular weight excluding hydrogens is 253 g/mol. The predicted octanol–water partition coefficient (Wildman–Crippen LogP) is 1.45. The molecule has 0 aliphatic carbocycles. The van der Waals surface area contributed by atoms with Crippen molar-refractivity contribution in [3.8, 4) is 0 Å². The van der Waals surface area contributed by atoms with Gasteiger partial charge in [-0.05, 0) is 26.0 Å². The maximum Gasteiger partial charge on any atom is 0.272 e. The minimum atomic E-state index is -0.751. The fourth-order valence-electron chi connectivity index (χ4n) is 2.21. The van der Waals surface area contributed by atoms with E-state index in [4.69, 9.17) is 0 Å². The Morgan fingerprint density at radius 1 is 1.53 bits per heavy atom. The van der Waals surface area contributed by atoms with Crippen LogP contribution in [0, 0.1) is 15.9 Å². The molecule has 1 aliphatic rings. The second-order valence-electron chi connectivity index (χ2n) is 4.37. The highest BCUT2D eigenvalue weighted by Gasteiger charge is 2.30. The summed E-state index contributed by atoms with van der Waals surface area (Å²) in [7, 11) is 1.68. The Morgan fingerprint density at radius 2 is 2.26 bits per heavy atom. The first-order chi connectivity index (χ1) is 9.04. The number of rotatable bonds is 3. The van der Waals surface area contributed by atoms with Gasteiger partial charge in [0.15, 0.2) is 5.82 Å². The molecule has 1 aromatic carbocycles. The third-order valence-electron chi connectivity index (χ3n) is 3.22. The summed E-state index contributed by atoms with van der Waals surface area (Å²) in [6.45, 7) is 0.422. The molecule has 1 atom stereocenters. The van der Waals surface area contributed by atoms with Crippen molar-refractivity contribution in [2.24, 2.45) is 0 Å². The van der Waals surface area contributed by atoms with Crippen LogP contribution in [0.2, 0.25) is 0 Å². The molecule has 7 heteroatoms. The summed E-state index contributed by atoms with van der Waals surface area (Å²) < 4.78 is 13.9. The second kappa shape index (κ2) is 5.31. The highest BCUT2D eigenvalue weighted by atomic mass is 19.1. The minimum absolute atomic E-state index is 0.0931. The molecule has 1 unspecified atom stereocenters. The highest BCUT2D eigenvalue weighted by Crippen LogP contribution is 2.27. The molecule has 102 valence electrons. The molecule has 1 aliphatic heterocycles. The Kier molecular flexibility index (Phi) is 3.75. The number of halogens is 1. The number of anilines is 1. The SMILES string of the molecule is CNC1CCCN(c2ccc([N+](=O)[O-])cc2F)C1=O. The molecule has 19 heavy (non-hydrogen) atoms. The maximum atomic E-state index is 13.9. The lowest BCUT2D eigenvalue weighted by molar-refractivity contribution is -0.385. The molecule has 0 aromatic heterocycles. The van der Waals surface area contributed by atoms with Gasteiger partial charge in [0.05, 0.1) is 22.7 Å². The van der Waals surface area contributed by atoms with Gasteiger partial charge in [0.2, 0.25) is 5.91 Å². The summed E-state index contributed by atoms with van der Waals surface area (Å²) in [4.78, 5) is 23.3. The first-order valence-corrected chi connectivity index (χ1v) is 5.97. The molecule has 1 heterocycles. The Balaban J connectivity index is 2.31. The number of carbonyl (C=O) groups excluding carboxylic acids is 1. The minimum Gasteiger partial charge on any atom is -0.309 e. The lowest BCUT2D eigenvalue weighted by Crippen LogP contribution is -2.50. The summed E-state index contributed by atoms with van der Waals surface area (Å²) in [5.74, 6) is -0.958.